The lowest BCUT2D eigenvalue weighted by atomic mass is 10.0. The molecule has 168 valence electrons. The monoisotopic (exact) mass is 424 g/mol. The van der Waals surface area contributed by atoms with E-state index in [1.807, 2.05) is 75.4 Å². The Morgan fingerprint density at radius 2 is 1.61 bits per heavy atom. The molecule has 0 aliphatic carbocycles. The maximum absolute atomic E-state index is 13.2. The van der Waals surface area contributed by atoms with E-state index in [2.05, 4.69) is 19.2 Å². The Morgan fingerprint density at radius 3 is 2.23 bits per heavy atom. The Bertz CT molecular complexity index is 834. The van der Waals surface area contributed by atoms with Gasteiger partial charge < -0.3 is 15.0 Å². The molecule has 0 aliphatic heterocycles. The lowest BCUT2D eigenvalue weighted by Gasteiger charge is -2.31. The van der Waals surface area contributed by atoms with Crippen LogP contribution in [0.15, 0.2) is 54.6 Å². The van der Waals surface area contributed by atoms with Crippen molar-refractivity contribution in [3.8, 4) is 5.75 Å². The SMILES string of the molecule is CCC(C(=O)NC(C)C)N(CCc1ccccc1)C(=O)COc1ccccc1C(C)C. The molecular weight excluding hydrogens is 388 g/mol. The number of hydrogen-bond donors (Lipinski definition) is 1. The summed E-state index contributed by atoms with van der Waals surface area (Å²) in [5.41, 5.74) is 2.20. The van der Waals surface area contributed by atoms with Crippen molar-refractivity contribution in [3.05, 3.63) is 65.7 Å². The molecule has 0 heterocycles. The number of ether oxygens (including phenoxy) is 1. The summed E-state index contributed by atoms with van der Waals surface area (Å²) in [7, 11) is 0. The van der Waals surface area contributed by atoms with E-state index in [1.54, 1.807) is 4.90 Å². The first-order valence-corrected chi connectivity index (χ1v) is 11.2. The molecule has 2 aromatic carbocycles. The highest BCUT2D eigenvalue weighted by Gasteiger charge is 2.29. The molecule has 2 amide bonds. The summed E-state index contributed by atoms with van der Waals surface area (Å²) in [4.78, 5) is 27.7. The van der Waals surface area contributed by atoms with Crippen molar-refractivity contribution in [1.29, 1.82) is 0 Å². The van der Waals surface area contributed by atoms with Crippen LogP contribution in [-0.2, 0) is 16.0 Å². The van der Waals surface area contributed by atoms with Gasteiger partial charge in [-0.1, -0.05) is 69.3 Å². The molecule has 0 spiro atoms. The van der Waals surface area contributed by atoms with Gasteiger partial charge in [-0.25, -0.2) is 0 Å². The minimum absolute atomic E-state index is 0.0156. The highest BCUT2D eigenvalue weighted by molar-refractivity contribution is 5.88. The average molecular weight is 425 g/mol. The molecule has 1 atom stereocenters. The predicted molar refractivity (Wildman–Crippen MR) is 125 cm³/mol. The van der Waals surface area contributed by atoms with Crippen LogP contribution in [0.2, 0.25) is 0 Å². The van der Waals surface area contributed by atoms with E-state index >= 15 is 0 Å². The van der Waals surface area contributed by atoms with Crippen LogP contribution < -0.4 is 10.1 Å². The summed E-state index contributed by atoms with van der Waals surface area (Å²) in [6, 6.07) is 17.3. The Labute approximate surface area is 186 Å². The molecule has 2 aromatic rings. The highest BCUT2D eigenvalue weighted by atomic mass is 16.5. The molecule has 0 fully saturated rings. The molecular formula is C26H36N2O3. The van der Waals surface area contributed by atoms with Gasteiger partial charge in [0.2, 0.25) is 5.91 Å². The maximum Gasteiger partial charge on any atom is 0.261 e. The lowest BCUT2D eigenvalue weighted by molar-refractivity contribution is -0.142. The van der Waals surface area contributed by atoms with E-state index in [4.69, 9.17) is 4.74 Å². The summed E-state index contributed by atoms with van der Waals surface area (Å²) in [5, 5.41) is 2.95. The number of amides is 2. The fourth-order valence-electron chi connectivity index (χ4n) is 3.59. The van der Waals surface area contributed by atoms with Gasteiger partial charge in [-0.05, 0) is 49.8 Å². The van der Waals surface area contributed by atoms with E-state index in [0.29, 0.717) is 31.1 Å². The summed E-state index contributed by atoms with van der Waals surface area (Å²) < 4.78 is 5.93. The van der Waals surface area contributed by atoms with Gasteiger partial charge in [-0.15, -0.1) is 0 Å². The molecule has 0 radical (unpaired) electrons. The van der Waals surface area contributed by atoms with Crippen LogP contribution in [-0.4, -0.2) is 41.9 Å². The number of hydrogen-bond acceptors (Lipinski definition) is 3. The van der Waals surface area contributed by atoms with Crippen LogP contribution in [0.3, 0.4) is 0 Å². The lowest BCUT2D eigenvalue weighted by Crippen LogP contribution is -2.52. The van der Waals surface area contributed by atoms with Crippen LogP contribution in [0.1, 0.15) is 58.1 Å². The second-order valence-electron chi connectivity index (χ2n) is 8.39. The second-order valence-corrected chi connectivity index (χ2v) is 8.39. The fraction of sp³-hybridized carbons (Fsp3) is 0.462. The maximum atomic E-state index is 13.2. The number of nitrogens with one attached hydrogen (secondary N) is 1. The molecule has 5 heteroatoms. The van der Waals surface area contributed by atoms with Gasteiger partial charge in [0.25, 0.3) is 5.91 Å². The quantitative estimate of drug-likeness (QED) is 0.575. The van der Waals surface area contributed by atoms with E-state index in [9.17, 15) is 9.59 Å². The summed E-state index contributed by atoms with van der Waals surface area (Å²) in [6.45, 7) is 10.3. The molecule has 0 saturated heterocycles. The molecule has 5 nitrogen and oxygen atoms in total. The van der Waals surface area contributed by atoms with E-state index < -0.39 is 6.04 Å². The van der Waals surface area contributed by atoms with Crippen LogP contribution in [0, 0.1) is 0 Å². The highest BCUT2D eigenvalue weighted by Crippen LogP contribution is 2.26. The van der Waals surface area contributed by atoms with Crippen molar-refractivity contribution in [2.45, 2.75) is 65.5 Å². The third-order valence-electron chi connectivity index (χ3n) is 5.19. The largest absolute Gasteiger partial charge is 0.483 e. The van der Waals surface area contributed by atoms with Crippen molar-refractivity contribution < 1.29 is 14.3 Å². The smallest absolute Gasteiger partial charge is 0.261 e. The van der Waals surface area contributed by atoms with Gasteiger partial charge in [0.15, 0.2) is 6.61 Å². The average Bonchev–Trinajstić information content (AvgIpc) is 2.75. The normalized spacial score (nSPS) is 12.0. The Hall–Kier alpha value is -2.82. The zero-order chi connectivity index (χ0) is 22.8. The number of carbonyl (C=O) groups excluding carboxylic acids is 2. The number of nitrogens with zero attached hydrogens (tertiary/aromatic N) is 1. The van der Waals surface area contributed by atoms with Crippen LogP contribution >= 0.6 is 0 Å². The molecule has 0 saturated carbocycles. The fourth-order valence-corrected chi connectivity index (χ4v) is 3.59. The standard InChI is InChI=1S/C26H36N2O3/c1-6-23(26(30)27-20(4)5)28(17-16-21-12-8-7-9-13-21)25(29)18-31-24-15-11-10-14-22(24)19(2)3/h7-15,19-20,23H,6,16-18H2,1-5H3,(H,27,30). The molecule has 0 bridgehead atoms. The summed E-state index contributed by atoms with van der Waals surface area (Å²) in [6.07, 6.45) is 1.22. The Kier molecular flexibility index (Phi) is 9.57. The van der Waals surface area contributed by atoms with Crippen LogP contribution in [0.5, 0.6) is 5.75 Å². The van der Waals surface area contributed by atoms with E-state index in [-0.39, 0.29) is 24.5 Å². The molecule has 0 aliphatic rings. The van der Waals surface area contributed by atoms with Crippen LogP contribution in [0.25, 0.3) is 0 Å². The van der Waals surface area contributed by atoms with Crippen molar-refractivity contribution >= 4 is 11.8 Å². The molecule has 31 heavy (non-hydrogen) atoms. The van der Waals surface area contributed by atoms with Crippen molar-refractivity contribution in [2.24, 2.45) is 0 Å². The van der Waals surface area contributed by atoms with Gasteiger partial charge in [0.05, 0.1) is 0 Å². The first-order chi connectivity index (χ1) is 14.8. The Balaban J connectivity index is 2.17. The van der Waals surface area contributed by atoms with Crippen molar-refractivity contribution in [1.82, 2.24) is 10.2 Å². The van der Waals surface area contributed by atoms with Gasteiger partial charge >= 0.3 is 0 Å². The number of para-hydroxylation sites is 1. The van der Waals surface area contributed by atoms with Crippen molar-refractivity contribution in [3.63, 3.8) is 0 Å². The van der Waals surface area contributed by atoms with Gasteiger partial charge in [-0.3, -0.25) is 9.59 Å². The van der Waals surface area contributed by atoms with E-state index in [0.717, 1.165) is 11.1 Å². The number of benzene rings is 2. The van der Waals surface area contributed by atoms with Gasteiger partial charge in [0, 0.05) is 12.6 Å². The molecule has 1 N–H and O–H groups in total. The Morgan fingerprint density at radius 1 is 0.968 bits per heavy atom. The minimum Gasteiger partial charge on any atom is -0.483 e. The summed E-state index contributed by atoms with van der Waals surface area (Å²) >= 11 is 0. The molecule has 0 aromatic heterocycles. The topological polar surface area (TPSA) is 58.6 Å². The number of carbonyl (C=O) groups is 2. The third-order valence-corrected chi connectivity index (χ3v) is 5.19. The third kappa shape index (κ3) is 7.42. The second kappa shape index (κ2) is 12.1. The summed E-state index contributed by atoms with van der Waals surface area (Å²) in [5.74, 6) is 0.705. The zero-order valence-electron chi connectivity index (χ0n) is 19.4. The minimum atomic E-state index is -0.525. The van der Waals surface area contributed by atoms with E-state index in [1.165, 1.54) is 0 Å². The molecule has 2 rings (SSSR count). The first-order valence-electron chi connectivity index (χ1n) is 11.2. The van der Waals surface area contributed by atoms with Crippen LogP contribution in [0.4, 0.5) is 0 Å². The molecule has 1 unspecified atom stereocenters. The van der Waals surface area contributed by atoms with Gasteiger partial charge in [-0.2, -0.15) is 0 Å². The van der Waals surface area contributed by atoms with Crippen molar-refractivity contribution in [2.75, 3.05) is 13.2 Å². The predicted octanol–water partition coefficient (Wildman–Crippen LogP) is 4.56. The number of rotatable bonds is 11. The van der Waals surface area contributed by atoms with Gasteiger partial charge in [0.1, 0.15) is 11.8 Å². The first kappa shape index (κ1) is 24.4. The zero-order valence-corrected chi connectivity index (χ0v) is 19.4.